The molecule has 28 heavy (non-hydrogen) atoms. The lowest BCUT2D eigenvalue weighted by atomic mass is 10.2. The van der Waals surface area contributed by atoms with Gasteiger partial charge in [-0.2, -0.15) is 0 Å². The lowest BCUT2D eigenvalue weighted by Crippen LogP contribution is -2.42. The Balaban J connectivity index is 1.64. The number of furan rings is 1. The molecular formula is C21H30N4O3. The number of aliphatic imine (C=N–C) groups is 1. The van der Waals surface area contributed by atoms with Crippen LogP contribution in [0.2, 0.25) is 0 Å². The van der Waals surface area contributed by atoms with Gasteiger partial charge in [0.2, 0.25) is 0 Å². The molecule has 0 saturated heterocycles. The van der Waals surface area contributed by atoms with Crippen LogP contribution in [0, 0.1) is 5.92 Å². The Bertz CT molecular complexity index is 780. The normalized spacial score (nSPS) is 16.5. The van der Waals surface area contributed by atoms with Gasteiger partial charge < -0.3 is 25.1 Å². The van der Waals surface area contributed by atoms with Gasteiger partial charge in [0.15, 0.2) is 5.96 Å². The van der Waals surface area contributed by atoms with E-state index in [-0.39, 0.29) is 18.2 Å². The lowest BCUT2D eigenvalue weighted by Gasteiger charge is -2.19. The lowest BCUT2D eigenvalue weighted by molar-refractivity contribution is 0.147. The number of fused-ring (bicyclic) bond motifs is 1. The van der Waals surface area contributed by atoms with Crippen molar-refractivity contribution in [1.82, 2.24) is 16.0 Å². The van der Waals surface area contributed by atoms with E-state index >= 15 is 0 Å². The van der Waals surface area contributed by atoms with Crippen LogP contribution >= 0.6 is 0 Å². The van der Waals surface area contributed by atoms with Crippen molar-refractivity contribution in [3.8, 4) is 0 Å². The molecule has 1 aliphatic carbocycles. The van der Waals surface area contributed by atoms with E-state index in [1.165, 1.54) is 0 Å². The van der Waals surface area contributed by atoms with Gasteiger partial charge in [0.25, 0.3) is 0 Å². The van der Waals surface area contributed by atoms with Crippen LogP contribution in [0.25, 0.3) is 11.0 Å². The Labute approximate surface area is 165 Å². The molecule has 2 unspecified atom stereocenters. The third kappa shape index (κ3) is 5.41. The molecule has 152 valence electrons. The van der Waals surface area contributed by atoms with Crippen molar-refractivity contribution in [3.05, 3.63) is 36.1 Å². The Morgan fingerprint density at radius 3 is 2.75 bits per heavy atom. The molecule has 7 nitrogen and oxygen atoms in total. The molecule has 3 N–H and O–H groups in total. The summed E-state index contributed by atoms with van der Waals surface area (Å²) in [5.74, 6) is 2.03. The first-order valence-electron chi connectivity index (χ1n) is 10.1. The Hall–Kier alpha value is -2.70. The van der Waals surface area contributed by atoms with Gasteiger partial charge in [0.1, 0.15) is 11.3 Å². The van der Waals surface area contributed by atoms with Crippen LogP contribution in [0.1, 0.15) is 45.4 Å². The SMILES string of the molecule is CCNC(=NCC(NC(=O)OCC)C1CC1)NC(C)c1cc2ccccc2o1. The Morgan fingerprint density at radius 1 is 1.29 bits per heavy atom. The van der Waals surface area contributed by atoms with Crippen molar-refractivity contribution in [2.45, 2.75) is 45.7 Å². The molecule has 2 atom stereocenters. The predicted molar refractivity (Wildman–Crippen MR) is 110 cm³/mol. The van der Waals surface area contributed by atoms with Gasteiger partial charge in [0, 0.05) is 11.9 Å². The summed E-state index contributed by atoms with van der Waals surface area (Å²) in [6.45, 7) is 7.49. The van der Waals surface area contributed by atoms with Crippen molar-refractivity contribution >= 4 is 23.0 Å². The average molecular weight is 386 g/mol. The fourth-order valence-corrected chi connectivity index (χ4v) is 3.14. The molecule has 1 heterocycles. The van der Waals surface area contributed by atoms with Gasteiger partial charge in [-0.15, -0.1) is 0 Å². The van der Waals surface area contributed by atoms with Crippen LogP contribution in [0.15, 0.2) is 39.7 Å². The second kappa shape index (κ2) is 9.48. The number of alkyl carbamates (subject to hydrolysis) is 1. The van der Waals surface area contributed by atoms with Crippen LogP contribution < -0.4 is 16.0 Å². The zero-order valence-electron chi connectivity index (χ0n) is 16.8. The van der Waals surface area contributed by atoms with Gasteiger partial charge in [0.05, 0.1) is 25.2 Å². The molecule has 1 amide bonds. The summed E-state index contributed by atoms with van der Waals surface area (Å²) in [5, 5.41) is 10.7. The van der Waals surface area contributed by atoms with Crippen molar-refractivity contribution < 1.29 is 13.9 Å². The highest BCUT2D eigenvalue weighted by molar-refractivity contribution is 5.81. The van der Waals surface area contributed by atoms with Crippen molar-refractivity contribution in [1.29, 1.82) is 0 Å². The smallest absolute Gasteiger partial charge is 0.407 e. The molecule has 0 bridgehead atoms. The molecule has 1 saturated carbocycles. The van der Waals surface area contributed by atoms with Crippen LogP contribution in [-0.2, 0) is 4.74 Å². The molecule has 1 aromatic carbocycles. The number of ether oxygens (including phenoxy) is 1. The number of amides is 1. The largest absolute Gasteiger partial charge is 0.459 e. The number of para-hydroxylation sites is 1. The maximum absolute atomic E-state index is 11.8. The number of nitrogens with zero attached hydrogens (tertiary/aromatic N) is 1. The van der Waals surface area contributed by atoms with Gasteiger partial charge in [-0.05, 0) is 51.7 Å². The molecule has 7 heteroatoms. The van der Waals surface area contributed by atoms with E-state index in [2.05, 4.69) is 16.0 Å². The maximum Gasteiger partial charge on any atom is 0.407 e. The Morgan fingerprint density at radius 2 is 2.07 bits per heavy atom. The number of rotatable bonds is 8. The third-order valence-electron chi connectivity index (χ3n) is 4.78. The molecule has 1 aliphatic rings. The number of carbonyl (C=O) groups excluding carboxylic acids is 1. The standard InChI is InChI=1S/C21H30N4O3/c1-4-22-20(23-13-17(15-10-11-15)25-21(26)27-5-2)24-14(3)19-12-16-8-6-7-9-18(16)28-19/h6-9,12,14-15,17H,4-5,10-11,13H2,1-3H3,(H,25,26)(H2,22,23,24). The minimum atomic E-state index is -0.372. The van der Waals surface area contributed by atoms with Crippen LogP contribution in [0.5, 0.6) is 0 Å². The van der Waals surface area contributed by atoms with Crippen LogP contribution in [-0.4, -0.2) is 37.8 Å². The third-order valence-corrected chi connectivity index (χ3v) is 4.78. The molecule has 0 radical (unpaired) electrons. The fourth-order valence-electron chi connectivity index (χ4n) is 3.14. The molecular weight excluding hydrogens is 356 g/mol. The van der Waals surface area contributed by atoms with E-state index in [9.17, 15) is 4.79 Å². The van der Waals surface area contributed by atoms with Crippen molar-refractivity contribution in [2.75, 3.05) is 19.7 Å². The fraction of sp³-hybridized carbons (Fsp3) is 0.524. The van der Waals surface area contributed by atoms with Gasteiger partial charge in [-0.1, -0.05) is 18.2 Å². The summed E-state index contributed by atoms with van der Waals surface area (Å²) in [4.78, 5) is 16.5. The number of guanidine groups is 1. The van der Waals surface area contributed by atoms with E-state index in [0.29, 0.717) is 25.0 Å². The summed E-state index contributed by atoms with van der Waals surface area (Å²) in [6.07, 6.45) is 1.86. The highest BCUT2D eigenvalue weighted by Gasteiger charge is 2.32. The molecule has 3 rings (SSSR count). The van der Waals surface area contributed by atoms with E-state index in [0.717, 1.165) is 36.1 Å². The topological polar surface area (TPSA) is 87.9 Å². The van der Waals surface area contributed by atoms with E-state index < -0.39 is 0 Å². The second-order valence-corrected chi connectivity index (χ2v) is 7.08. The average Bonchev–Trinajstić information content (AvgIpc) is 3.43. The number of carbonyl (C=O) groups is 1. The quantitative estimate of drug-likeness (QED) is 0.477. The number of nitrogens with one attached hydrogen (secondary N) is 3. The van der Waals surface area contributed by atoms with Gasteiger partial charge in [-0.25, -0.2) is 4.79 Å². The minimum Gasteiger partial charge on any atom is -0.459 e. The number of benzene rings is 1. The van der Waals surface area contributed by atoms with Crippen LogP contribution in [0.4, 0.5) is 4.79 Å². The summed E-state index contributed by atoms with van der Waals surface area (Å²) in [5.41, 5.74) is 0.875. The molecule has 2 aromatic rings. The molecule has 0 spiro atoms. The number of hydrogen-bond donors (Lipinski definition) is 3. The first kappa shape index (κ1) is 20.0. The zero-order valence-corrected chi connectivity index (χ0v) is 16.8. The molecule has 1 aromatic heterocycles. The number of hydrogen-bond acceptors (Lipinski definition) is 4. The zero-order chi connectivity index (χ0) is 19.9. The first-order chi connectivity index (χ1) is 13.6. The highest BCUT2D eigenvalue weighted by atomic mass is 16.5. The summed E-state index contributed by atoms with van der Waals surface area (Å²) in [7, 11) is 0. The highest BCUT2D eigenvalue weighted by Crippen LogP contribution is 2.32. The minimum absolute atomic E-state index is 0.00369. The predicted octanol–water partition coefficient (Wildman–Crippen LogP) is 3.57. The second-order valence-electron chi connectivity index (χ2n) is 7.08. The van der Waals surface area contributed by atoms with Gasteiger partial charge in [-0.3, -0.25) is 4.99 Å². The van der Waals surface area contributed by atoms with Gasteiger partial charge >= 0.3 is 6.09 Å². The summed E-state index contributed by atoms with van der Waals surface area (Å²) >= 11 is 0. The first-order valence-corrected chi connectivity index (χ1v) is 10.1. The molecule has 0 aliphatic heterocycles. The van der Waals surface area contributed by atoms with Crippen molar-refractivity contribution in [2.24, 2.45) is 10.9 Å². The van der Waals surface area contributed by atoms with E-state index in [1.54, 1.807) is 6.92 Å². The monoisotopic (exact) mass is 386 g/mol. The van der Waals surface area contributed by atoms with E-state index in [1.807, 2.05) is 44.2 Å². The van der Waals surface area contributed by atoms with E-state index in [4.69, 9.17) is 14.1 Å². The summed E-state index contributed by atoms with van der Waals surface area (Å²) in [6, 6.07) is 9.97. The Kier molecular flexibility index (Phi) is 6.79. The maximum atomic E-state index is 11.8. The summed E-state index contributed by atoms with van der Waals surface area (Å²) < 4.78 is 11.0. The van der Waals surface area contributed by atoms with Crippen LogP contribution in [0.3, 0.4) is 0 Å². The van der Waals surface area contributed by atoms with Crippen molar-refractivity contribution in [3.63, 3.8) is 0 Å². The molecule has 1 fully saturated rings.